The first kappa shape index (κ1) is 27.0. The number of esters is 1. The summed E-state index contributed by atoms with van der Waals surface area (Å²) in [5.74, 6) is -0.393. The summed E-state index contributed by atoms with van der Waals surface area (Å²) >= 11 is 0. The number of alkyl carbamates (subject to hydrolysis) is 1. The van der Waals surface area contributed by atoms with Crippen molar-refractivity contribution < 1.29 is 19.1 Å². The Labute approximate surface area is 219 Å². The largest absolute Gasteiger partial charge is 0.460 e. The number of carbonyl (C=O) groups excluding carboxylic acids is 2. The van der Waals surface area contributed by atoms with Gasteiger partial charge in [-0.25, -0.2) is 19.1 Å². The van der Waals surface area contributed by atoms with E-state index in [9.17, 15) is 19.2 Å². The summed E-state index contributed by atoms with van der Waals surface area (Å²) in [7, 11) is 1.57. The van der Waals surface area contributed by atoms with E-state index in [1.54, 1.807) is 59.1 Å². The molecule has 1 saturated carbocycles. The maximum Gasteiger partial charge on any atom is 0.408 e. The van der Waals surface area contributed by atoms with Gasteiger partial charge in [0.1, 0.15) is 17.5 Å². The second-order valence-corrected chi connectivity index (χ2v) is 10.4. The van der Waals surface area contributed by atoms with Crippen molar-refractivity contribution in [3.63, 3.8) is 0 Å². The van der Waals surface area contributed by atoms with Crippen LogP contribution in [0.15, 0.2) is 46.4 Å². The lowest BCUT2D eigenvalue weighted by atomic mass is 9.78. The molecular formula is C27H33N5O6. The van der Waals surface area contributed by atoms with Crippen LogP contribution >= 0.6 is 0 Å². The van der Waals surface area contributed by atoms with Crippen LogP contribution in [-0.2, 0) is 21.3 Å². The predicted octanol–water partition coefficient (Wildman–Crippen LogP) is 2.96. The molecule has 11 heteroatoms. The Hall–Kier alpha value is -4.02. The highest BCUT2D eigenvalue weighted by Gasteiger charge is 2.38. The van der Waals surface area contributed by atoms with Crippen LogP contribution in [0.5, 0.6) is 0 Å². The number of carbonyl (C=O) groups is 2. The van der Waals surface area contributed by atoms with Gasteiger partial charge in [-0.3, -0.25) is 19.1 Å². The van der Waals surface area contributed by atoms with E-state index in [1.165, 1.54) is 17.0 Å². The highest BCUT2D eigenvalue weighted by molar-refractivity contribution is 5.77. The molecule has 0 radical (unpaired) electrons. The number of fused-ring (bicyclic) bond motifs is 1. The number of ether oxygens (including phenoxy) is 2. The first-order chi connectivity index (χ1) is 18.0. The van der Waals surface area contributed by atoms with Gasteiger partial charge in [-0.05, 0) is 57.7 Å². The topological polar surface area (TPSA) is 134 Å². The quantitative estimate of drug-likeness (QED) is 0.505. The average molecular weight is 524 g/mol. The molecule has 1 aliphatic carbocycles. The third-order valence-electron chi connectivity index (χ3n) is 6.59. The molecule has 0 spiro atoms. The Balaban J connectivity index is 1.69. The summed E-state index contributed by atoms with van der Waals surface area (Å²) in [6.45, 7) is 7.05. The number of hydrogen-bond acceptors (Lipinski definition) is 8. The van der Waals surface area contributed by atoms with E-state index < -0.39 is 35.1 Å². The van der Waals surface area contributed by atoms with E-state index in [1.807, 2.05) is 0 Å². The molecule has 4 rings (SSSR count). The fourth-order valence-electron chi connectivity index (χ4n) is 4.80. The van der Waals surface area contributed by atoms with Crippen LogP contribution in [0.4, 0.5) is 4.79 Å². The van der Waals surface area contributed by atoms with Gasteiger partial charge < -0.3 is 14.8 Å². The maximum absolute atomic E-state index is 13.1. The lowest BCUT2D eigenvalue weighted by Gasteiger charge is -2.38. The SMILES string of the molecule is CCC(=O)OC1CCCC(c2ccc(-n3c(=O)c4ccncc4n(C)c3=O)nc2)[C@@H]1NC(=O)OC(C)(C)C. The molecule has 11 nitrogen and oxygen atoms in total. The molecule has 2 unspecified atom stereocenters. The molecule has 1 N–H and O–H groups in total. The summed E-state index contributed by atoms with van der Waals surface area (Å²) in [6.07, 6.45) is 5.75. The molecular weight excluding hydrogens is 490 g/mol. The van der Waals surface area contributed by atoms with Crippen molar-refractivity contribution in [2.45, 2.75) is 77.0 Å². The van der Waals surface area contributed by atoms with Gasteiger partial charge in [0, 0.05) is 31.8 Å². The van der Waals surface area contributed by atoms with Crippen LogP contribution in [0.25, 0.3) is 16.7 Å². The monoisotopic (exact) mass is 523 g/mol. The molecule has 0 aromatic carbocycles. The van der Waals surface area contributed by atoms with Crippen LogP contribution in [0, 0.1) is 0 Å². The number of nitrogens with zero attached hydrogens (tertiary/aromatic N) is 4. The fourth-order valence-corrected chi connectivity index (χ4v) is 4.80. The maximum atomic E-state index is 13.1. The number of nitrogens with one attached hydrogen (secondary N) is 1. The van der Waals surface area contributed by atoms with Gasteiger partial charge in [-0.2, -0.15) is 0 Å². The molecule has 0 saturated heterocycles. The van der Waals surface area contributed by atoms with Gasteiger partial charge >= 0.3 is 17.8 Å². The minimum absolute atomic E-state index is 0.180. The summed E-state index contributed by atoms with van der Waals surface area (Å²) in [6, 6.07) is 4.42. The van der Waals surface area contributed by atoms with Gasteiger partial charge in [0.2, 0.25) is 0 Å². The zero-order valence-electron chi connectivity index (χ0n) is 22.3. The Morgan fingerprint density at radius 2 is 1.89 bits per heavy atom. The van der Waals surface area contributed by atoms with Crippen molar-refractivity contribution in [1.29, 1.82) is 0 Å². The third-order valence-corrected chi connectivity index (χ3v) is 6.59. The molecule has 0 bridgehead atoms. The van der Waals surface area contributed by atoms with Crippen LogP contribution in [0.3, 0.4) is 0 Å². The summed E-state index contributed by atoms with van der Waals surface area (Å²) in [5.41, 5.74) is -0.505. The fraction of sp³-hybridized carbons (Fsp3) is 0.481. The number of amides is 1. The lowest BCUT2D eigenvalue weighted by Crippen LogP contribution is -2.52. The number of hydrogen-bond donors (Lipinski definition) is 1. The second kappa shape index (κ2) is 10.8. The van der Waals surface area contributed by atoms with E-state index in [4.69, 9.17) is 9.47 Å². The molecule has 3 atom stereocenters. The zero-order valence-corrected chi connectivity index (χ0v) is 22.3. The lowest BCUT2D eigenvalue weighted by molar-refractivity contribution is -0.152. The van der Waals surface area contributed by atoms with Crippen molar-refractivity contribution in [2.24, 2.45) is 7.05 Å². The summed E-state index contributed by atoms with van der Waals surface area (Å²) < 4.78 is 13.5. The Morgan fingerprint density at radius 1 is 1.13 bits per heavy atom. The minimum Gasteiger partial charge on any atom is -0.460 e. The smallest absolute Gasteiger partial charge is 0.408 e. The number of aryl methyl sites for hydroxylation is 1. The molecule has 1 aliphatic rings. The van der Waals surface area contributed by atoms with E-state index in [0.29, 0.717) is 23.7 Å². The second-order valence-electron chi connectivity index (χ2n) is 10.4. The molecule has 1 fully saturated rings. The highest BCUT2D eigenvalue weighted by atomic mass is 16.6. The van der Waals surface area contributed by atoms with E-state index in [-0.39, 0.29) is 24.1 Å². The normalized spacial score (nSPS) is 19.7. The zero-order chi connectivity index (χ0) is 27.6. The van der Waals surface area contributed by atoms with Crippen LogP contribution in [0.2, 0.25) is 0 Å². The van der Waals surface area contributed by atoms with Crippen LogP contribution < -0.4 is 16.6 Å². The highest BCUT2D eigenvalue weighted by Crippen LogP contribution is 2.35. The number of rotatable bonds is 5. The summed E-state index contributed by atoms with van der Waals surface area (Å²) in [4.78, 5) is 59.4. The molecule has 38 heavy (non-hydrogen) atoms. The molecule has 202 valence electrons. The van der Waals surface area contributed by atoms with Gasteiger partial charge in [0.15, 0.2) is 0 Å². The van der Waals surface area contributed by atoms with Crippen molar-refractivity contribution in [3.8, 4) is 5.82 Å². The van der Waals surface area contributed by atoms with E-state index >= 15 is 0 Å². The number of aromatic nitrogens is 4. The average Bonchev–Trinajstić information content (AvgIpc) is 2.87. The van der Waals surface area contributed by atoms with Gasteiger partial charge in [0.25, 0.3) is 5.56 Å². The van der Waals surface area contributed by atoms with Crippen LogP contribution in [0.1, 0.15) is 64.9 Å². The Bertz CT molecular complexity index is 1450. The predicted molar refractivity (Wildman–Crippen MR) is 140 cm³/mol. The van der Waals surface area contributed by atoms with Gasteiger partial charge in [0.05, 0.1) is 23.1 Å². The molecule has 3 aromatic rings. The van der Waals surface area contributed by atoms with E-state index in [2.05, 4.69) is 15.3 Å². The van der Waals surface area contributed by atoms with Crippen molar-refractivity contribution in [3.05, 3.63) is 63.2 Å². The standard InChI is InChI=1S/C27H33N5O6/c1-6-22(33)37-20-9-7-8-17(23(20)30-25(35)38-27(2,3)4)16-10-11-21(29-14-16)32-24(34)18-12-13-28-15-19(18)31(5)26(32)36/h10-15,17,20,23H,6-9H2,1-5H3,(H,30,35)/t17?,20?,23-/m0/s1. The molecule has 0 aliphatic heterocycles. The van der Waals surface area contributed by atoms with E-state index in [0.717, 1.165) is 16.6 Å². The Morgan fingerprint density at radius 3 is 2.55 bits per heavy atom. The number of pyridine rings is 2. The first-order valence-corrected chi connectivity index (χ1v) is 12.7. The Kier molecular flexibility index (Phi) is 7.66. The van der Waals surface area contributed by atoms with Gasteiger partial charge in [-0.15, -0.1) is 0 Å². The minimum atomic E-state index is -0.692. The van der Waals surface area contributed by atoms with Crippen molar-refractivity contribution in [2.75, 3.05) is 0 Å². The van der Waals surface area contributed by atoms with Gasteiger partial charge in [-0.1, -0.05) is 13.0 Å². The summed E-state index contributed by atoms with van der Waals surface area (Å²) in [5, 5.41) is 3.26. The van der Waals surface area contributed by atoms with Crippen molar-refractivity contribution >= 4 is 23.0 Å². The van der Waals surface area contributed by atoms with Crippen LogP contribution in [-0.4, -0.2) is 48.9 Å². The molecule has 3 aromatic heterocycles. The first-order valence-electron chi connectivity index (χ1n) is 12.7. The third kappa shape index (κ3) is 5.61. The molecule has 1 amide bonds. The van der Waals surface area contributed by atoms with Crippen molar-refractivity contribution in [1.82, 2.24) is 24.4 Å². The molecule has 3 heterocycles.